The molecule has 144 valence electrons. The van der Waals surface area contributed by atoms with Gasteiger partial charge in [-0.3, -0.25) is 4.90 Å². The van der Waals surface area contributed by atoms with Crippen molar-refractivity contribution in [1.82, 2.24) is 15.1 Å². The van der Waals surface area contributed by atoms with Gasteiger partial charge < -0.3 is 9.64 Å². The van der Waals surface area contributed by atoms with E-state index in [1.165, 1.54) is 0 Å². The van der Waals surface area contributed by atoms with Crippen LogP contribution in [0.1, 0.15) is 46.5 Å². The van der Waals surface area contributed by atoms with Crippen LogP contribution in [0, 0.1) is 0 Å². The second-order valence-electron chi connectivity index (χ2n) is 8.11. The molecule has 3 heterocycles. The van der Waals surface area contributed by atoms with Crippen LogP contribution in [0.3, 0.4) is 0 Å². The summed E-state index contributed by atoms with van der Waals surface area (Å²) in [5.74, 6) is 0.575. The van der Waals surface area contributed by atoms with Crippen molar-refractivity contribution in [2.75, 3.05) is 11.9 Å². The van der Waals surface area contributed by atoms with E-state index in [1.54, 1.807) is 17.0 Å². The van der Waals surface area contributed by atoms with Gasteiger partial charge in [0.05, 0.1) is 12.1 Å². The Morgan fingerprint density at radius 3 is 2.69 bits per heavy atom. The quantitative estimate of drug-likeness (QED) is 0.775. The first-order valence-corrected chi connectivity index (χ1v) is 9.42. The number of alkyl halides is 1. The molecule has 2 saturated heterocycles. The summed E-state index contributed by atoms with van der Waals surface area (Å²) < 4.78 is 20.9. The Morgan fingerprint density at radius 1 is 1.35 bits per heavy atom. The van der Waals surface area contributed by atoms with Crippen LogP contribution in [-0.2, 0) is 4.74 Å². The van der Waals surface area contributed by atoms with Crippen LogP contribution < -0.4 is 4.90 Å². The van der Waals surface area contributed by atoms with Gasteiger partial charge in [0, 0.05) is 13.1 Å². The molecule has 0 N–H and O–H groups in total. The molecule has 1 amide bonds. The number of amides is 1. The van der Waals surface area contributed by atoms with Crippen LogP contribution >= 0.6 is 11.6 Å². The summed E-state index contributed by atoms with van der Waals surface area (Å²) in [6.45, 7) is 5.48. The molecule has 0 saturated carbocycles. The molecule has 0 aliphatic carbocycles. The van der Waals surface area contributed by atoms with E-state index in [1.807, 2.05) is 32.7 Å². The second kappa shape index (κ2) is 7.18. The summed E-state index contributed by atoms with van der Waals surface area (Å²) in [6, 6.07) is 2.52. The van der Waals surface area contributed by atoms with Crippen molar-refractivity contribution in [2.45, 2.75) is 76.4 Å². The van der Waals surface area contributed by atoms with Crippen molar-refractivity contribution >= 4 is 23.5 Å². The lowest BCUT2D eigenvalue weighted by molar-refractivity contribution is -0.0467. The number of halogens is 2. The molecule has 3 rings (SSSR count). The molecule has 2 bridgehead atoms. The van der Waals surface area contributed by atoms with Gasteiger partial charge in [-0.2, -0.15) is 0 Å². The zero-order chi connectivity index (χ0) is 19.1. The average Bonchev–Trinajstić information content (AvgIpc) is 2.56. The number of hydrogen-bond acceptors (Lipinski definition) is 5. The average molecular weight is 385 g/mol. The van der Waals surface area contributed by atoms with E-state index in [0.29, 0.717) is 23.8 Å². The Balaban J connectivity index is 1.79. The predicted molar refractivity (Wildman–Crippen MR) is 98.2 cm³/mol. The number of anilines is 1. The Bertz CT molecular complexity index is 652. The van der Waals surface area contributed by atoms with E-state index in [4.69, 9.17) is 16.3 Å². The van der Waals surface area contributed by atoms with Gasteiger partial charge in [-0.05, 0) is 58.6 Å². The summed E-state index contributed by atoms with van der Waals surface area (Å²) in [5, 5.41) is 8.20. The van der Waals surface area contributed by atoms with E-state index in [0.717, 1.165) is 12.8 Å². The third kappa shape index (κ3) is 3.87. The van der Waals surface area contributed by atoms with Crippen LogP contribution in [0.2, 0.25) is 5.15 Å². The molecule has 0 aromatic carbocycles. The maximum atomic E-state index is 15.4. The topological polar surface area (TPSA) is 58.6 Å². The lowest BCUT2D eigenvalue weighted by Gasteiger charge is -2.52. The van der Waals surface area contributed by atoms with Crippen LogP contribution in [-0.4, -0.2) is 58.1 Å². The van der Waals surface area contributed by atoms with Crippen LogP contribution in [0.5, 0.6) is 0 Å². The molecule has 2 aliphatic heterocycles. The maximum Gasteiger partial charge on any atom is 0.410 e. The summed E-state index contributed by atoms with van der Waals surface area (Å²) in [7, 11) is 1.81. The monoisotopic (exact) mass is 384 g/mol. The van der Waals surface area contributed by atoms with Crippen molar-refractivity contribution in [3.8, 4) is 0 Å². The largest absolute Gasteiger partial charge is 0.444 e. The number of fused-ring (bicyclic) bond motifs is 2. The highest BCUT2D eigenvalue weighted by Crippen LogP contribution is 2.39. The third-order valence-corrected chi connectivity index (χ3v) is 5.32. The predicted octanol–water partition coefficient (Wildman–Crippen LogP) is 3.83. The highest BCUT2D eigenvalue weighted by molar-refractivity contribution is 6.29. The maximum absolute atomic E-state index is 15.4. The fourth-order valence-electron chi connectivity index (χ4n) is 3.96. The van der Waals surface area contributed by atoms with E-state index in [-0.39, 0.29) is 12.1 Å². The zero-order valence-electron chi connectivity index (χ0n) is 15.7. The molecule has 8 heteroatoms. The van der Waals surface area contributed by atoms with Crippen LogP contribution in [0.15, 0.2) is 12.1 Å². The van der Waals surface area contributed by atoms with Crippen molar-refractivity contribution in [3.05, 3.63) is 17.3 Å². The van der Waals surface area contributed by atoms with Crippen LogP contribution in [0.25, 0.3) is 0 Å². The fraction of sp³-hybridized carbons (Fsp3) is 0.722. The van der Waals surface area contributed by atoms with Gasteiger partial charge in [0.1, 0.15) is 11.8 Å². The minimum Gasteiger partial charge on any atom is -0.444 e. The molecule has 0 radical (unpaired) electrons. The first-order chi connectivity index (χ1) is 12.2. The molecule has 0 unspecified atom stereocenters. The Labute approximate surface area is 158 Å². The number of hydrogen-bond donors (Lipinski definition) is 0. The first-order valence-electron chi connectivity index (χ1n) is 9.05. The van der Waals surface area contributed by atoms with Gasteiger partial charge in [0.25, 0.3) is 0 Å². The third-order valence-electron chi connectivity index (χ3n) is 5.12. The standard InChI is InChI=1S/C18H26ClFN4O2/c1-18(2,3)26-17(25)24-11-6-5-7-12(24)16(20)13(10-11)23(4)15-9-8-14(19)21-22-15/h8-9,11-13,16H,5-7,10H2,1-4H3/t11-,12+,13-,16+/m1/s1. The molecule has 4 atom stereocenters. The Morgan fingerprint density at radius 2 is 2.08 bits per heavy atom. The van der Waals surface area contributed by atoms with E-state index < -0.39 is 23.9 Å². The molecular formula is C18H26ClFN4O2. The second-order valence-corrected chi connectivity index (χ2v) is 8.50. The van der Waals surface area contributed by atoms with E-state index in [2.05, 4.69) is 10.2 Å². The summed E-state index contributed by atoms with van der Waals surface area (Å²) >= 11 is 5.79. The Hall–Kier alpha value is -1.63. The van der Waals surface area contributed by atoms with E-state index in [9.17, 15) is 4.79 Å². The molecule has 2 fully saturated rings. The molecular weight excluding hydrogens is 359 g/mol. The zero-order valence-corrected chi connectivity index (χ0v) is 16.4. The minimum atomic E-state index is -1.18. The number of rotatable bonds is 2. The van der Waals surface area contributed by atoms with Gasteiger partial charge in [0.15, 0.2) is 11.0 Å². The molecule has 0 spiro atoms. The summed E-state index contributed by atoms with van der Waals surface area (Å²) in [5.41, 5.74) is -0.594. The lowest BCUT2D eigenvalue weighted by atomic mass is 9.80. The minimum absolute atomic E-state index is 0.0247. The summed E-state index contributed by atoms with van der Waals surface area (Å²) in [4.78, 5) is 16.1. The van der Waals surface area contributed by atoms with E-state index >= 15 is 4.39 Å². The number of nitrogens with zero attached hydrogens (tertiary/aromatic N) is 4. The molecule has 6 nitrogen and oxygen atoms in total. The number of aromatic nitrogens is 2. The number of piperidine rings is 2. The summed E-state index contributed by atoms with van der Waals surface area (Å²) in [6.07, 6.45) is 1.38. The fourth-order valence-corrected chi connectivity index (χ4v) is 4.06. The normalized spacial score (nSPS) is 28.6. The Kier molecular flexibility index (Phi) is 5.28. The highest BCUT2D eigenvalue weighted by Gasteiger charge is 2.50. The van der Waals surface area contributed by atoms with Gasteiger partial charge in [0.2, 0.25) is 0 Å². The molecule has 1 aromatic heterocycles. The first kappa shape index (κ1) is 19.1. The van der Waals surface area contributed by atoms with Crippen LogP contribution in [0.4, 0.5) is 15.0 Å². The highest BCUT2D eigenvalue weighted by atomic mass is 35.5. The SMILES string of the molecule is CN(c1ccc(Cl)nn1)[C@@H]1C[C@H]2CCC[C@@H]([C@@H]1F)N2C(=O)OC(C)(C)C. The number of carbonyl (C=O) groups is 1. The van der Waals surface area contributed by atoms with Gasteiger partial charge in [-0.15, -0.1) is 10.2 Å². The lowest BCUT2D eigenvalue weighted by Crippen LogP contribution is -2.65. The van der Waals surface area contributed by atoms with Crippen molar-refractivity contribution < 1.29 is 13.9 Å². The molecule has 2 aliphatic rings. The molecule has 26 heavy (non-hydrogen) atoms. The number of ether oxygens (including phenoxy) is 1. The smallest absolute Gasteiger partial charge is 0.410 e. The van der Waals surface area contributed by atoms with Crippen molar-refractivity contribution in [1.29, 1.82) is 0 Å². The number of carbonyl (C=O) groups excluding carboxylic acids is 1. The molecule has 1 aromatic rings. The van der Waals surface area contributed by atoms with Crippen molar-refractivity contribution in [3.63, 3.8) is 0 Å². The van der Waals surface area contributed by atoms with Gasteiger partial charge in [-0.25, -0.2) is 9.18 Å². The van der Waals surface area contributed by atoms with Gasteiger partial charge in [-0.1, -0.05) is 11.6 Å². The van der Waals surface area contributed by atoms with Crippen molar-refractivity contribution in [2.24, 2.45) is 0 Å². The van der Waals surface area contributed by atoms with Gasteiger partial charge >= 0.3 is 6.09 Å².